The van der Waals surface area contributed by atoms with E-state index in [1.807, 2.05) is 18.2 Å². The van der Waals surface area contributed by atoms with Gasteiger partial charge in [0.25, 0.3) is 10.0 Å². The van der Waals surface area contributed by atoms with E-state index in [1.165, 1.54) is 12.5 Å². The summed E-state index contributed by atoms with van der Waals surface area (Å²) in [6, 6.07) is 10.1. The van der Waals surface area contributed by atoms with Crippen LogP contribution in [-0.2, 0) is 10.0 Å². The Kier molecular flexibility index (Phi) is 5.35. The number of hydrogen-bond donors (Lipinski definition) is 2. The summed E-state index contributed by atoms with van der Waals surface area (Å²) in [5, 5.41) is 0.0953. The number of sulfonamides is 1. The third-order valence-corrected chi connectivity index (χ3v) is 4.55. The number of para-hydroxylation sites is 1. The van der Waals surface area contributed by atoms with Crippen LogP contribution in [0.15, 0.2) is 47.9 Å². The average Bonchev–Trinajstić information content (AvgIpc) is 3.03. The summed E-state index contributed by atoms with van der Waals surface area (Å²) < 4.78 is 26.3. The molecule has 7 heteroatoms. The van der Waals surface area contributed by atoms with Crippen molar-refractivity contribution in [2.24, 2.45) is 0 Å². The van der Waals surface area contributed by atoms with Gasteiger partial charge in [-0.25, -0.2) is 18.1 Å². The van der Waals surface area contributed by atoms with Gasteiger partial charge >= 0.3 is 0 Å². The third kappa shape index (κ3) is 4.30. The number of nitrogens with one attached hydrogen (secondary N) is 2. The molecule has 6 nitrogen and oxygen atoms in total. The first kappa shape index (κ1) is 15.5. The number of aromatic amines is 1. The second kappa shape index (κ2) is 7.24. The van der Waals surface area contributed by atoms with Gasteiger partial charge < -0.3 is 9.88 Å². The molecule has 1 aromatic heterocycles. The van der Waals surface area contributed by atoms with Crippen LogP contribution < -0.4 is 9.62 Å². The summed E-state index contributed by atoms with van der Waals surface area (Å²) in [6.07, 6.45) is 3.38. The third-order valence-electron chi connectivity index (χ3n) is 3.16. The Balaban J connectivity index is 1.82. The predicted molar refractivity (Wildman–Crippen MR) is 82.7 cm³/mol. The number of imidazole rings is 1. The molecule has 2 aromatic rings. The molecule has 0 aliphatic rings. The van der Waals surface area contributed by atoms with Crippen molar-refractivity contribution in [1.29, 1.82) is 0 Å². The lowest BCUT2D eigenvalue weighted by molar-refractivity contribution is 0.575. The van der Waals surface area contributed by atoms with E-state index in [0.29, 0.717) is 6.54 Å². The molecule has 0 aliphatic heterocycles. The molecular weight excluding hydrogens is 288 g/mol. The van der Waals surface area contributed by atoms with Gasteiger partial charge in [0.05, 0.1) is 12.5 Å². The average molecular weight is 308 g/mol. The Morgan fingerprint density at radius 3 is 2.67 bits per heavy atom. The van der Waals surface area contributed by atoms with Crippen molar-refractivity contribution in [2.75, 3.05) is 24.5 Å². The summed E-state index contributed by atoms with van der Waals surface area (Å²) in [4.78, 5) is 8.52. The smallest absolute Gasteiger partial charge is 0.257 e. The van der Waals surface area contributed by atoms with Gasteiger partial charge in [0.2, 0.25) is 0 Å². The highest BCUT2D eigenvalue weighted by Gasteiger charge is 2.14. The Bertz CT molecular complexity index is 626. The van der Waals surface area contributed by atoms with Crippen molar-refractivity contribution in [1.82, 2.24) is 14.7 Å². The zero-order chi connectivity index (χ0) is 15.1. The Morgan fingerprint density at radius 2 is 2.05 bits per heavy atom. The first-order chi connectivity index (χ1) is 10.1. The summed E-state index contributed by atoms with van der Waals surface area (Å²) in [6.45, 7) is 4.16. The van der Waals surface area contributed by atoms with Gasteiger partial charge in [-0.05, 0) is 25.5 Å². The zero-order valence-corrected chi connectivity index (χ0v) is 12.8. The van der Waals surface area contributed by atoms with Crippen LogP contribution in [0.3, 0.4) is 0 Å². The van der Waals surface area contributed by atoms with Gasteiger partial charge in [-0.1, -0.05) is 18.2 Å². The molecule has 0 fully saturated rings. The van der Waals surface area contributed by atoms with Crippen LogP contribution in [0.4, 0.5) is 5.69 Å². The van der Waals surface area contributed by atoms with E-state index < -0.39 is 10.0 Å². The summed E-state index contributed by atoms with van der Waals surface area (Å²) in [5.74, 6) is 0. The van der Waals surface area contributed by atoms with Crippen LogP contribution in [0.2, 0.25) is 0 Å². The molecule has 0 radical (unpaired) electrons. The molecule has 0 saturated heterocycles. The molecule has 2 N–H and O–H groups in total. The quantitative estimate of drug-likeness (QED) is 0.726. The maximum absolute atomic E-state index is 11.9. The fraction of sp³-hybridized carbons (Fsp3) is 0.357. The standard InChI is InChI=1S/C14H20N4O2S/c1-2-18(13-7-4-3-5-8-13)10-6-9-17-21(19,20)14-11-15-12-16-14/h3-5,7-8,11-12,17H,2,6,9-10H2,1H3,(H,15,16). The van der Waals surface area contributed by atoms with Crippen LogP contribution in [0.1, 0.15) is 13.3 Å². The van der Waals surface area contributed by atoms with E-state index in [-0.39, 0.29) is 5.03 Å². The van der Waals surface area contributed by atoms with Gasteiger partial charge in [0.15, 0.2) is 5.03 Å². The highest BCUT2D eigenvalue weighted by molar-refractivity contribution is 7.89. The van der Waals surface area contributed by atoms with Crippen LogP contribution in [0.5, 0.6) is 0 Å². The van der Waals surface area contributed by atoms with Gasteiger partial charge in [-0.15, -0.1) is 0 Å². The summed E-state index contributed by atoms with van der Waals surface area (Å²) in [7, 11) is -3.47. The maximum atomic E-state index is 11.9. The van der Waals surface area contributed by atoms with E-state index in [2.05, 4.69) is 38.6 Å². The van der Waals surface area contributed by atoms with Crippen molar-refractivity contribution < 1.29 is 8.42 Å². The lowest BCUT2D eigenvalue weighted by atomic mass is 10.2. The molecule has 0 bridgehead atoms. The molecule has 114 valence electrons. The fourth-order valence-electron chi connectivity index (χ4n) is 2.05. The maximum Gasteiger partial charge on any atom is 0.257 e. The van der Waals surface area contributed by atoms with Gasteiger partial charge in [-0.3, -0.25) is 0 Å². The molecular formula is C14H20N4O2S. The van der Waals surface area contributed by atoms with E-state index in [4.69, 9.17) is 0 Å². The van der Waals surface area contributed by atoms with Crippen molar-refractivity contribution in [3.05, 3.63) is 42.9 Å². The van der Waals surface area contributed by atoms with E-state index in [1.54, 1.807) is 0 Å². The number of benzene rings is 1. The Labute approximate surface area is 125 Å². The lowest BCUT2D eigenvalue weighted by Gasteiger charge is -2.23. The first-order valence-corrected chi connectivity index (χ1v) is 8.40. The predicted octanol–water partition coefficient (Wildman–Crippen LogP) is 1.60. The molecule has 0 amide bonds. The molecule has 0 saturated carbocycles. The second-order valence-corrected chi connectivity index (χ2v) is 6.32. The minimum Gasteiger partial charge on any atom is -0.372 e. The summed E-state index contributed by atoms with van der Waals surface area (Å²) >= 11 is 0. The van der Waals surface area contributed by atoms with E-state index in [0.717, 1.165) is 25.2 Å². The highest BCUT2D eigenvalue weighted by Crippen LogP contribution is 2.12. The van der Waals surface area contributed by atoms with Gasteiger partial charge in [0.1, 0.15) is 0 Å². The van der Waals surface area contributed by atoms with Gasteiger partial charge in [0, 0.05) is 25.3 Å². The topological polar surface area (TPSA) is 78.1 Å². The lowest BCUT2D eigenvalue weighted by Crippen LogP contribution is -2.30. The molecule has 21 heavy (non-hydrogen) atoms. The van der Waals surface area contributed by atoms with E-state index in [9.17, 15) is 8.42 Å². The van der Waals surface area contributed by atoms with Crippen LogP contribution in [0.25, 0.3) is 0 Å². The van der Waals surface area contributed by atoms with Crippen molar-refractivity contribution in [2.45, 2.75) is 18.4 Å². The van der Waals surface area contributed by atoms with Crippen LogP contribution in [-0.4, -0.2) is 38.0 Å². The summed E-state index contributed by atoms with van der Waals surface area (Å²) in [5.41, 5.74) is 1.15. The van der Waals surface area contributed by atoms with Crippen LogP contribution >= 0.6 is 0 Å². The van der Waals surface area contributed by atoms with Crippen molar-refractivity contribution >= 4 is 15.7 Å². The van der Waals surface area contributed by atoms with Gasteiger partial charge in [-0.2, -0.15) is 0 Å². The molecule has 1 heterocycles. The number of anilines is 1. The fourth-order valence-corrected chi connectivity index (χ4v) is 3.03. The van der Waals surface area contributed by atoms with Crippen molar-refractivity contribution in [3.63, 3.8) is 0 Å². The minimum absolute atomic E-state index is 0.0953. The number of aromatic nitrogens is 2. The Morgan fingerprint density at radius 1 is 1.29 bits per heavy atom. The number of H-pyrrole nitrogens is 1. The second-order valence-electron chi connectivity index (χ2n) is 4.58. The molecule has 0 spiro atoms. The minimum atomic E-state index is -3.47. The molecule has 0 unspecified atom stereocenters. The van der Waals surface area contributed by atoms with Crippen molar-refractivity contribution in [3.8, 4) is 0 Å². The zero-order valence-electron chi connectivity index (χ0n) is 12.0. The highest BCUT2D eigenvalue weighted by atomic mass is 32.2. The normalized spacial score (nSPS) is 11.5. The molecule has 0 aliphatic carbocycles. The number of nitrogens with zero attached hydrogens (tertiary/aromatic N) is 2. The largest absolute Gasteiger partial charge is 0.372 e. The monoisotopic (exact) mass is 308 g/mol. The number of hydrogen-bond acceptors (Lipinski definition) is 4. The molecule has 2 rings (SSSR count). The molecule has 0 atom stereocenters. The SMILES string of the molecule is CCN(CCCNS(=O)(=O)c1cnc[nH]1)c1ccccc1. The number of rotatable bonds is 8. The first-order valence-electron chi connectivity index (χ1n) is 6.91. The van der Waals surface area contributed by atoms with E-state index >= 15 is 0 Å². The van der Waals surface area contributed by atoms with Crippen LogP contribution in [0, 0.1) is 0 Å². The Hall–Kier alpha value is -1.86. The molecule has 1 aromatic carbocycles.